The fourth-order valence-electron chi connectivity index (χ4n) is 3.99. The van der Waals surface area contributed by atoms with Gasteiger partial charge in [0.2, 0.25) is 0 Å². The average molecular weight is 325 g/mol. The minimum Gasteiger partial charge on any atom is -0.481 e. The van der Waals surface area contributed by atoms with Gasteiger partial charge in [-0.2, -0.15) is 0 Å². The lowest BCUT2D eigenvalue weighted by Gasteiger charge is -2.52. The van der Waals surface area contributed by atoms with Gasteiger partial charge in [0, 0.05) is 18.8 Å². The van der Waals surface area contributed by atoms with Gasteiger partial charge in [0.15, 0.2) is 5.72 Å². The molecule has 2 unspecified atom stereocenters. The first-order valence-corrected chi connectivity index (χ1v) is 8.31. The molecule has 0 amide bonds. The van der Waals surface area contributed by atoms with Gasteiger partial charge in [0.25, 0.3) is 0 Å². The van der Waals surface area contributed by atoms with Gasteiger partial charge in [-0.1, -0.05) is 12.8 Å². The molecule has 0 bridgehead atoms. The first-order chi connectivity index (χ1) is 10.9. The van der Waals surface area contributed by atoms with Crippen molar-refractivity contribution < 1.29 is 24.2 Å². The Morgan fingerprint density at radius 1 is 1.35 bits per heavy atom. The molecule has 1 heterocycles. The van der Waals surface area contributed by atoms with Crippen LogP contribution in [0.25, 0.3) is 0 Å². The van der Waals surface area contributed by atoms with Gasteiger partial charge in [-0.25, -0.2) is 4.79 Å². The maximum Gasteiger partial charge on any atom is 0.335 e. The Balaban J connectivity index is 2.51. The van der Waals surface area contributed by atoms with E-state index in [0.717, 1.165) is 31.4 Å². The van der Waals surface area contributed by atoms with Crippen LogP contribution in [-0.4, -0.2) is 47.4 Å². The molecule has 0 radical (unpaired) electrons. The summed E-state index contributed by atoms with van der Waals surface area (Å²) in [5, 5.41) is 9.70. The highest BCUT2D eigenvalue weighted by Crippen LogP contribution is 2.44. The molecular weight excluding hydrogens is 298 g/mol. The summed E-state index contributed by atoms with van der Waals surface area (Å²) in [6.45, 7) is 5.72. The molecule has 6 nitrogen and oxygen atoms in total. The topological polar surface area (TPSA) is 76.1 Å². The van der Waals surface area contributed by atoms with E-state index in [4.69, 9.17) is 9.47 Å². The zero-order chi connectivity index (χ0) is 17.2. The van der Waals surface area contributed by atoms with Crippen LogP contribution in [0.3, 0.4) is 0 Å². The third-order valence-corrected chi connectivity index (χ3v) is 5.25. The number of methoxy groups -OCH3 is 1. The number of allylic oxidation sites excluding steroid dienone is 1. The Morgan fingerprint density at radius 2 is 1.96 bits per heavy atom. The van der Waals surface area contributed by atoms with Gasteiger partial charge in [-0.3, -0.25) is 4.79 Å². The standard InChI is InChI=1S/C17H27NO5/c1-5-23-16(21)13-10-14(15(19)20)17(3,22-4)18(11(13)2)12-8-6-7-9-12/h12,14H,5-10H2,1-4H3,(H,19,20). The number of nitrogens with zero attached hydrogens (tertiary/aromatic N) is 1. The first kappa shape index (κ1) is 17.8. The van der Waals surface area contributed by atoms with Gasteiger partial charge >= 0.3 is 11.9 Å². The number of carboxylic acid groups (broad SMARTS) is 1. The molecule has 1 fully saturated rings. The summed E-state index contributed by atoms with van der Waals surface area (Å²) in [4.78, 5) is 26.2. The van der Waals surface area contributed by atoms with Crippen molar-refractivity contribution in [2.24, 2.45) is 5.92 Å². The van der Waals surface area contributed by atoms with E-state index in [0.29, 0.717) is 5.57 Å². The highest BCUT2D eigenvalue weighted by Gasteiger charge is 2.52. The number of carboxylic acids is 1. The van der Waals surface area contributed by atoms with Gasteiger partial charge in [0.1, 0.15) is 5.92 Å². The number of esters is 1. The smallest absolute Gasteiger partial charge is 0.335 e. The van der Waals surface area contributed by atoms with Crippen molar-refractivity contribution in [3.05, 3.63) is 11.3 Å². The van der Waals surface area contributed by atoms with Crippen LogP contribution in [0.15, 0.2) is 11.3 Å². The number of carbonyl (C=O) groups excluding carboxylic acids is 1. The molecule has 130 valence electrons. The number of carbonyl (C=O) groups is 2. The molecule has 1 aliphatic carbocycles. The van der Waals surface area contributed by atoms with E-state index in [2.05, 4.69) is 0 Å². The number of hydrogen-bond acceptors (Lipinski definition) is 5. The van der Waals surface area contributed by atoms with Crippen LogP contribution in [0.1, 0.15) is 52.9 Å². The average Bonchev–Trinajstić information content (AvgIpc) is 3.01. The lowest BCUT2D eigenvalue weighted by Crippen LogP contribution is -2.60. The van der Waals surface area contributed by atoms with E-state index >= 15 is 0 Å². The molecule has 2 aliphatic rings. The number of aliphatic carboxylic acids is 1. The van der Waals surface area contributed by atoms with Gasteiger partial charge in [-0.15, -0.1) is 0 Å². The molecular formula is C17H27NO5. The van der Waals surface area contributed by atoms with Crippen LogP contribution in [0.2, 0.25) is 0 Å². The third-order valence-electron chi connectivity index (χ3n) is 5.25. The second-order valence-electron chi connectivity index (χ2n) is 6.45. The Bertz CT molecular complexity index is 509. The molecule has 1 N–H and O–H groups in total. The van der Waals surface area contributed by atoms with E-state index in [1.807, 2.05) is 18.7 Å². The normalized spacial score (nSPS) is 29.0. The highest BCUT2D eigenvalue weighted by atomic mass is 16.5. The third kappa shape index (κ3) is 3.09. The van der Waals surface area contributed by atoms with E-state index < -0.39 is 23.6 Å². The van der Waals surface area contributed by atoms with E-state index in [-0.39, 0.29) is 19.1 Å². The van der Waals surface area contributed by atoms with Crippen molar-refractivity contribution in [2.45, 2.75) is 64.6 Å². The maximum absolute atomic E-state index is 12.3. The minimum atomic E-state index is -0.957. The lowest BCUT2D eigenvalue weighted by atomic mass is 9.82. The quantitative estimate of drug-likeness (QED) is 0.783. The van der Waals surface area contributed by atoms with E-state index in [1.165, 1.54) is 0 Å². The SMILES string of the molecule is CCOC(=O)C1=C(C)N(C2CCCC2)C(C)(OC)C(C(=O)O)C1. The lowest BCUT2D eigenvalue weighted by molar-refractivity contribution is -0.189. The molecule has 0 saturated heterocycles. The Hall–Kier alpha value is -1.56. The van der Waals surface area contributed by atoms with Gasteiger partial charge in [-0.05, 0) is 40.0 Å². The zero-order valence-corrected chi connectivity index (χ0v) is 14.4. The van der Waals surface area contributed by atoms with E-state index in [1.54, 1.807) is 14.0 Å². The molecule has 1 saturated carbocycles. The number of ether oxygens (including phenoxy) is 2. The van der Waals surface area contributed by atoms with E-state index in [9.17, 15) is 14.7 Å². The minimum absolute atomic E-state index is 0.132. The van der Waals surface area contributed by atoms with Crippen molar-refractivity contribution >= 4 is 11.9 Å². The predicted octanol–water partition coefficient (Wildman–Crippen LogP) is 2.54. The highest BCUT2D eigenvalue weighted by molar-refractivity contribution is 5.91. The largest absolute Gasteiger partial charge is 0.481 e. The molecule has 2 rings (SSSR count). The maximum atomic E-state index is 12.3. The summed E-state index contributed by atoms with van der Waals surface area (Å²) < 4.78 is 10.8. The molecule has 2 atom stereocenters. The summed E-state index contributed by atoms with van der Waals surface area (Å²) in [6.07, 6.45) is 4.33. The monoisotopic (exact) mass is 325 g/mol. The molecule has 0 spiro atoms. The molecule has 23 heavy (non-hydrogen) atoms. The van der Waals surface area contributed by atoms with Crippen LogP contribution in [0.5, 0.6) is 0 Å². The van der Waals surface area contributed by atoms with Crippen LogP contribution >= 0.6 is 0 Å². The second-order valence-corrected chi connectivity index (χ2v) is 6.45. The van der Waals surface area contributed by atoms with Crippen molar-refractivity contribution in [3.63, 3.8) is 0 Å². The summed E-state index contributed by atoms with van der Waals surface area (Å²) in [5.74, 6) is -2.18. The Kier molecular flexibility index (Phi) is 5.34. The van der Waals surface area contributed by atoms with Gasteiger partial charge < -0.3 is 19.5 Å². The van der Waals surface area contributed by atoms with Crippen LogP contribution in [0.4, 0.5) is 0 Å². The zero-order valence-electron chi connectivity index (χ0n) is 14.4. The predicted molar refractivity (Wildman–Crippen MR) is 84.6 cm³/mol. The Labute approximate surface area is 137 Å². The fourth-order valence-corrected chi connectivity index (χ4v) is 3.99. The van der Waals surface area contributed by atoms with Crippen molar-refractivity contribution in [2.75, 3.05) is 13.7 Å². The summed E-state index contributed by atoms with van der Waals surface area (Å²) in [5.41, 5.74) is 0.291. The number of hydrogen-bond donors (Lipinski definition) is 1. The second kappa shape index (κ2) is 6.91. The summed E-state index contributed by atoms with van der Waals surface area (Å²) in [6, 6.07) is 0.200. The molecule has 0 aromatic rings. The van der Waals surface area contributed by atoms with Crippen LogP contribution in [-0.2, 0) is 19.1 Å². The number of rotatable bonds is 5. The summed E-state index contributed by atoms with van der Waals surface area (Å²) >= 11 is 0. The summed E-state index contributed by atoms with van der Waals surface area (Å²) in [7, 11) is 1.54. The van der Waals surface area contributed by atoms with Crippen molar-refractivity contribution in [3.8, 4) is 0 Å². The van der Waals surface area contributed by atoms with Crippen molar-refractivity contribution in [1.82, 2.24) is 4.90 Å². The molecule has 0 aromatic carbocycles. The molecule has 0 aromatic heterocycles. The Morgan fingerprint density at radius 3 is 2.43 bits per heavy atom. The molecule has 1 aliphatic heterocycles. The van der Waals surface area contributed by atoms with Gasteiger partial charge in [0.05, 0.1) is 12.2 Å². The van der Waals surface area contributed by atoms with Crippen LogP contribution < -0.4 is 0 Å². The molecule has 6 heteroatoms. The fraction of sp³-hybridized carbons (Fsp3) is 0.765. The van der Waals surface area contributed by atoms with Crippen LogP contribution in [0, 0.1) is 5.92 Å². The first-order valence-electron chi connectivity index (χ1n) is 8.31. The van der Waals surface area contributed by atoms with Crippen molar-refractivity contribution in [1.29, 1.82) is 0 Å².